The Morgan fingerprint density at radius 3 is 2.78 bits per heavy atom. The predicted octanol–water partition coefficient (Wildman–Crippen LogP) is -0.640. The standard InChI is InChI=1S/C11H17N3O4/c1-6-5-14(11(17)12-10(6)16)9-4-8(7(2)15)13(3)18-9/h5,7-9,15H,4H2,1-3H3,(H,12,16,17)/t7-,8-,9-/m0/s1. The Labute approximate surface area is 104 Å². The van der Waals surface area contributed by atoms with Gasteiger partial charge in [-0.15, -0.1) is 0 Å². The van der Waals surface area contributed by atoms with Crippen LogP contribution in [0.3, 0.4) is 0 Å². The zero-order chi connectivity index (χ0) is 13.4. The van der Waals surface area contributed by atoms with Crippen LogP contribution >= 0.6 is 0 Å². The molecule has 7 nitrogen and oxygen atoms in total. The first-order chi connectivity index (χ1) is 8.40. The summed E-state index contributed by atoms with van der Waals surface area (Å²) < 4.78 is 1.34. The van der Waals surface area contributed by atoms with Crippen molar-refractivity contribution < 1.29 is 9.94 Å². The summed E-state index contributed by atoms with van der Waals surface area (Å²) in [5.74, 6) is 0. The molecule has 1 aliphatic heterocycles. The summed E-state index contributed by atoms with van der Waals surface area (Å²) >= 11 is 0. The molecule has 3 atom stereocenters. The maximum atomic E-state index is 11.7. The number of aliphatic hydroxyl groups is 1. The summed E-state index contributed by atoms with van der Waals surface area (Å²) in [6, 6.07) is -0.172. The van der Waals surface area contributed by atoms with Crippen LogP contribution in [-0.4, -0.2) is 38.9 Å². The van der Waals surface area contributed by atoms with E-state index in [-0.39, 0.29) is 6.04 Å². The summed E-state index contributed by atoms with van der Waals surface area (Å²) in [4.78, 5) is 30.7. The monoisotopic (exact) mass is 255 g/mol. The number of H-pyrrole nitrogens is 1. The molecule has 0 aromatic carbocycles. The topological polar surface area (TPSA) is 87.6 Å². The van der Waals surface area contributed by atoms with Crippen LogP contribution in [0.25, 0.3) is 0 Å². The summed E-state index contributed by atoms with van der Waals surface area (Å²) in [5, 5.41) is 11.1. The largest absolute Gasteiger partial charge is 0.392 e. The SMILES string of the molecule is Cc1cn([C@@H]2C[C@@H]([C@H](C)O)N(C)O2)c(=O)[nH]c1=O. The minimum Gasteiger partial charge on any atom is -0.392 e. The van der Waals surface area contributed by atoms with Gasteiger partial charge in [-0.1, -0.05) is 0 Å². The number of nitrogens with zero attached hydrogens (tertiary/aromatic N) is 2. The lowest BCUT2D eigenvalue weighted by Gasteiger charge is -2.19. The smallest absolute Gasteiger partial charge is 0.330 e. The fourth-order valence-electron chi connectivity index (χ4n) is 2.13. The van der Waals surface area contributed by atoms with Gasteiger partial charge in [-0.25, -0.2) is 4.79 Å². The Morgan fingerprint density at radius 1 is 1.56 bits per heavy atom. The van der Waals surface area contributed by atoms with E-state index in [2.05, 4.69) is 4.98 Å². The number of hydroxylamine groups is 2. The van der Waals surface area contributed by atoms with E-state index in [0.717, 1.165) is 0 Å². The molecule has 1 aliphatic rings. The number of nitrogens with one attached hydrogen (secondary N) is 1. The molecule has 1 aromatic rings. The zero-order valence-electron chi connectivity index (χ0n) is 10.6. The molecule has 2 heterocycles. The number of aliphatic hydroxyl groups excluding tert-OH is 1. The van der Waals surface area contributed by atoms with Gasteiger partial charge in [-0.3, -0.25) is 19.2 Å². The van der Waals surface area contributed by atoms with Crippen molar-refractivity contribution in [1.82, 2.24) is 14.6 Å². The summed E-state index contributed by atoms with van der Waals surface area (Å²) in [6.45, 7) is 3.30. The number of hydrogen-bond acceptors (Lipinski definition) is 5. The molecular weight excluding hydrogens is 238 g/mol. The number of aromatic amines is 1. The van der Waals surface area contributed by atoms with Crippen molar-refractivity contribution in [2.45, 2.75) is 38.6 Å². The second-order valence-electron chi connectivity index (χ2n) is 4.63. The molecule has 100 valence electrons. The molecule has 0 bridgehead atoms. The first-order valence-electron chi connectivity index (χ1n) is 5.80. The van der Waals surface area contributed by atoms with E-state index in [1.807, 2.05) is 0 Å². The van der Waals surface area contributed by atoms with Crippen molar-refractivity contribution in [1.29, 1.82) is 0 Å². The minimum absolute atomic E-state index is 0.172. The van der Waals surface area contributed by atoms with Crippen LogP contribution < -0.4 is 11.2 Å². The Bertz CT molecular complexity index is 548. The maximum absolute atomic E-state index is 11.7. The summed E-state index contributed by atoms with van der Waals surface area (Å²) in [5.41, 5.74) is -0.453. The fraction of sp³-hybridized carbons (Fsp3) is 0.636. The zero-order valence-corrected chi connectivity index (χ0v) is 10.6. The van der Waals surface area contributed by atoms with Gasteiger partial charge in [0, 0.05) is 25.2 Å². The van der Waals surface area contributed by atoms with Gasteiger partial charge in [0.1, 0.15) is 0 Å². The van der Waals surface area contributed by atoms with Crippen molar-refractivity contribution in [3.05, 3.63) is 32.6 Å². The van der Waals surface area contributed by atoms with Gasteiger partial charge in [0.05, 0.1) is 12.1 Å². The molecule has 0 aliphatic carbocycles. The molecular formula is C11H17N3O4. The van der Waals surface area contributed by atoms with Crippen molar-refractivity contribution in [3.63, 3.8) is 0 Å². The number of rotatable bonds is 2. The lowest BCUT2D eigenvalue weighted by Crippen LogP contribution is -2.33. The van der Waals surface area contributed by atoms with Crippen LogP contribution in [0.2, 0.25) is 0 Å². The summed E-state index contributed by atoms with van der Waals surface area (Å²) in [6.07, 6.45) is 0.904. The second-order valence-corrected chi connectivity index (χ2v) is 4.63. The number of aromatic nitrogens is 2. The molecule has 7 heteroatoms. The predicted molar refractivity (Wildman–Crippen MR) is 64.0 cm³/mol. The highest BCUT2D eigenvalue weighted by molar-refractivity contribution is 5.01. The lowest BCUT2D eigenvalue weighted by atomic mass is 10.1. The molecule has 0 radical (unpaired) electrons. The Balaban J connectivity index is 2.32. The number of aryl methyl sites for hydroxylation is 1. The highest BCUT2D eigenvalue weighted by atomic mass is 16.7. The van der Waals surface area contributed by atoms with Gasteiger partial charge < -0.3 is 5.11 Å². The van der Waals surface area contributed by atoms with Crippen molar-refractivity contribution in [2.75, 3.05) is 7.05 Å². The molecule has 0 spiro atoms. The quantitative estimate of drug-likeness (QED) is 0.734. The molecule has 2 rings (SSSR count). The Hall–Kier alpha value is -1.44. The molecule has 1 saturated heterocycles. The molecule has 0 amide bonds. The Kier molecular flexibility index (Phi) is 3.38. The van der Waals surface area contributed by atoms with Crippen molar-refractivity contribution >= 4 is 0 Å². The van der Waals surface area contributed by atoms with E-state index in [1.54, 1.807) is 26.0 Å². The van der Waals surface area contributed by atoms with E-state index < -0.39 is 23.6 Å². The van der Waals surface area contributed by atoms with Gasteiger partial charge in [0.2, 0.25) is 0 Å². The number of likely N-dealkylation sites (N-methyl/N-ethyl adjacent to an activating group) is 1. The van der Waals surface area contributed by atoms with E-state index in [9.17, 15) is 14.7 Å². The average Bonchev–Trinajstić information content (AvgIpc) is 2.65. The van der Waals surface area contributed by atoms with Crippen molar-refractivity contribution in [3.8, 4) is 0 Å². The van der Waals surface area contributed by atoms with Crippen LogP contribution in [0.15, 0.2) is 15.8 Å². The maximum Gasteiger partial charge on any atom is 0.330 e. The number of hydrogen-bond donors (Lipinski definition) is 2. The molecule has 1 aromatic heterocycles. The van der Waals surface area contributed by atoms with Gasteiger partial charge in [-0.05, 0) is 13.8 Å². The minimum atomic E-state index is -0.556. The average molecular weight is 255 g/mol. The highest BCUT2D eigenvalue weighted by Gasteiger charge is 2.35. The van der Waals surface area contributed by atoms with Gasteiger partial charge >= 0.3 is 5.69 Å². The fourth-order valence-corrected chi connectivity index (χ4v) is 2.13. The molecule has 2 N–H and O–H groups in total. The van der Waals surface area contributed by atoms with Crippen LogP contribution in [0.5, 0.6) is 0 Å². The molecule has 0 unspecified atom stereocenters. The van der Waals surface area contributed by atoms with Crippen LogP contribution in [0, 0.1) is 6.92 Å². The lowest BCUT2D eigenvalue weighted by molar-refractivity contribution is -0.176. The van der Waals surface area contributed by atoms with E-state index in [1.165, 1.54) is 10.8 Å². The van der Waals surface area contributed by atoms with E-state index in [0.29, 0.717) is 12.0 Å². The molecule has 0 saturated carbocycles. The second kappa shape index (κ2) is 4.68. The van der Waals surface area contributed by atoms with E-state index in [4.69, 9.17) is 4.84 Å². The van der Waals surface area contributed by atoms with Crippen LogP contribution in [0.4, 0.5) is 0 Å². The van der Waals surface area contributed by atoms with Crippen LogP contribution in [-0.2, 0) is 4.84 Å². The van der Waals surface area contributed by atoms with Crippen LogP contribution in [0.1, 0.15) is 25.1 Å². The molecule has 1 fully saturated rings. The van der Waals surface area contributed by atoms with Gasteiger partial charge in [0.15, 0.2) is 6.23 Å². The summed E-state index contributed by atoms with van der Waals surface area (Å²) in [7, 11) is 1.71. The highest BCUT2D eigenvalue weighted by Crippen LogP contribution is 2.28. The first kappa shape index (κ1) is 13.0. The van der Waals surface area contributed by atoms with Gasteiger partial charge in [0.25, 0.3) is 5.56 Å². The Morgan fingerprint density at radius 2 is 2.22 bits per heavy atom. The third-order valence-electron chi connectivity index (χ3n) is 3.21. The van der Waals surface area contributed by atoms with Crippen molar-refractivity contribution in [2.24, 2.45) is 0 Å². The van der Waals surface area contributed by atoms with E-state index >= 15 is 0 Å². The molecule has 18 heavy (non-hydrogen) atoms. The normalized spacial score (nSPS) is 26.4. The third kappa shape index (κ3) is 2.24. The third-order valence-corrected chi connectivity index (χ3v) is 3.21. The first-order valence-corrected chi connectivity index (χ1v) is 5.80. The van der Waals surface area contributed by atoms with Gasteiger partial charge in [-0.2, -0.15) is 5.06 Å².